The van der Waals surface area contributed by atoms with Crippen molar-refractivity contribution >= 4 is 49.1 Å². The number of hydrogen-bond donors (Lipinski definition) is 1. The highest BCUT2D eigenvalue weighted by atomic mass is 79.9. The standard InChI is InChI=1S/C13H20B2BrN3O4/c1-4-5-12(3,13(14,15)23-8(2)20)18-11-10(19(21)22)6-9(16)7-17-11/h6-7H,4-5,14-15H2,1-3H3,(H,17,18). The summed E-state index contributed by atoms with van der Waals surface area (Å²) in [6.07, 6.45) is 2.93. The fourth-order valence-electron chi connectivity index (χ4n) is 2.41. The first-order chi connectivity index (χ1) is 10.5. The molecule has 1 rings (SSSR count). The summed E-state index contributed by atoms with van der Waals surface area (Å²) in [4.78, 5) is 26.3. The molecule has 0 amide bonds. The number of carbonyl (C=O) groups is 1. The summed E-state index contributed by atoms with van der Waals surface area (Å²) >= 11 is 3.18. The van der Waals surface area contributed by atoms with Gasteiger partial charge in [-0.05, 0) is 29.3 Å². The predicted molar refractivity (Wildman–Crippen MR) is 97.1 cm³/mol. The van der Waals surface area contributed by atoms with E-state index in [4.69, 9.17) is 4.74 Å². The number of carbonyl (C=O) groups excluding carboxylic acids is 1. The second-order valence-electron chi connectivity index (χ2n) is 6.09. The highest BCUT2D eigenvalue weighted by molar-refractivity contribution is 9.10. The van der Waals surface area contributed by atoms with Gasteiger partial charge in [0.1, 0.15) is 15.7 Å². The van der Waals surface area contributed by atoms with Gasteiger partial charge in [0.25, 0.3) is 0 Å². The lowest BCUT2D eigenvalue weighted by Crippen LogP contribution is -2.60. The number of esters is 1. The van der Waals surface area contributed by atoms with Gasteiger partial charge in [-0.1, -0.05) is 13.3 Å². The van der Waals surface area contributed by atoms with Crippen LogP contribution in [0.2, 0.25) is 0 Å². The Hall–Kier alpha value is -1.57. The Balaban J connectivity index is 3.28. The Morgan fingerprint density at radius 3 is 2.65 bits per heavy atom. The molecule has 0 fully saturated rings. The Labute approximate surface area is 145 Å². The normalized spacial score (nSPS) is 13.9. The van der Waals surface area contributed by atoms with Crippen molar-refractivity contribution in [3.8, 4) is 0 Å². The molecule has 0 saturated heterocycles. The van der Waals surface area contributed by atoms with E-state index in [-0.39, 0.29) is 11.5 Å². The molecule has 0 radical (unpaired) electrons. The molecule has 1 N–H and O–H groups in total. The minimum absolute atomic E-state index is 0.139. The molecule has 0 aliphatic heterocycles. The number of anilines is 1. The van der Waals surface area contributed by atoms with Crippen LogP contribution in [-0.4, -0.2) is 42.5 Å². The van der Waals surface area contributed by atoms with Crippen molar-refractivity contribution < 1.29 is 14.5 Å². The number of nitrogens with one attached hydrogen (secondary N) is 1. The lowest BCUT2D eigenvalue weighted by Gasteiger charge is -2.44. The Kier molecular flexibility index (Phi) is 6.21. The lowest BCUT2D eigenvalue weighted by molar-refractivity contribution is -0.384. The zero-order valence-corrected chi connectivity index (χ0v) is 15.6. The van der Waals surface area contributed by atoms with Gasteiger partial charge in [-0.15, -0.1) is 0 Å². The van der Waals surface area contributed by atoms with Gasteiger partial charge in [0, 0.05) is 23.7 Å². The van der Waals surface area contributed by atoms with Crippen molar-refractivity contribution in [3.63, 3.8) is 0 Å². The van der Waals surface area contributed by atoms with Crippen LogP contribution in [0.5, 0.6) is 0 Å². The van der Waals surface area contributed by atoms with Gasteiger partial charge < -0.3 is 10.1 Å². The minimum atomic E-state index is -0.878. The van der Waals surface area contributed by atoms with Crippen LogP contribution in [0.4, 0.5) is 11.5 Å². The SMILES string of the molecule is BC(B)(OC(C)=O)C(C)(CCC)Nc1ncc(Br)cc1[N+](=O)[O-]. The van der Waals surface area contributed by atoms with Crippen LogP contribution in [0.25, 0.3) is 0 Å². The Morgan fingerprint density at radius 1 is 1.57 bits per heavy atom. The molecule has 124 valence electrons. The van der Waals surface area contributed by atoms with E-state index in [1.807, 2.05) is 13.8 Å². The molecular weight excluding hydrogens is 364 g/mol. The van der Waals surface area contributed by atoms with Gasteiger partial charge in [-0.2, -0.15) is 0 Å². The third-order valence-electron chi connectivity index (χ3n) is 3.90. The van der Waals surface area contributed by atoms with Gasteiger partial charge in [0.15, 0.2) is 0 Å². The van der Waals surface area contributed by atoms with E-state index < -0.39 is 21.8 Å². The van der Waals surface area contributed by atoms with E-state index in [0.29, 0.717) is 10.9 Å². The number of nitro groups is 1. The average Bonchev–Trinajstić information content (AvgIpc) is 2.39. The maximum Gasteiger partial charge on any atom is 0.312 e. The first kappa shape index (κ1) is 19.5. The molecule has 0 bridgehead atoms. The summed E-state index contributed by atoms with van der Waals surface area (Å²) in [5, 5.41) is 13.5. The van der Waals surface area contributed by atoms with Crippen LogP contribution in [0.3, 0.4) is 0 Å². The topological polar surface area (TPSA) is 94.4 Å². The van der Waals surface area contributed by atoms with E-state index in [2.05, 4.69) is 26.2 Å². The van der Waals surface area contributed by atoms with Crippen molar-refractivity contribution in [2.75, 3.05) is 5.32 Å². The van der Waals surface area contributed by atoms with E-state index >= 15 is 0 Å². The molecule has 0 spiro atoms. The van der Waals surface area contributed by atoms with Crippen LogP contribution in [0.15, 0.2) is 16.7 Å². The third kappa shape index (κ3) is 4.70. The van der Waals surface area contributed by atoms with Crippen molar-refractivity contribution in [2.45, 2.75) is 44.6 Å². The fraction of sp³-hybridized carbons (Fsp3) is 0.538. The second kappa shape index (κ2) is 7.33. The van der Waals surface area contributed by atoms with Crippen molar-refractivity contribution in [1.29, 1.82) is 0 Å². The molecule has 1 unspecified atom stereocenters. The fourth-order valence-corrected chi connectivity index (χ4v) is 2.73. The highest BCUT2D eigenvalue weighted by Crippen LogP contribution is 2.34. The monoisotopic (exact) mass is 383 g/mol. The summed E-state index contributed by atoms with van der Waals surface area (Å²) in [6, 6.07) is 1.39. The maximum atomic E-state index is 11.4. The van der Waals surface area contributed by atoms with Gasteiger partial charge in [-0.25, -0.2) is 4.98 Å². The molecule has 7 nitrogen and oxygen atoms in total. The summed E-state index contributed by atoms with van der Waals surface area (Å²) in [6.45, 7) is 5.20. The highest BCUT2D eigenvalue weighted by Gasteiger charge is 2.44. The molecule has 0 aliphatic carbocycles. The zero-order chi connectivity index (χ0) is 17.8. The Morgan fingerprint density at radius 2 is 2.17 bits per heavy atom. The number of halogens is 1. The molecule has 0 aliphatic rings. The molecule has 23 heavy (non-hydrogen) atoms. The van der Waals surface area contributed by atoms with Crippen molar-refractivity contribution in [2.24, 2.45) is 0 Å². The molecule has 1 aromatic rings. The molecule has 1 heterocycles. The van der Waals surface area contributed by atoms with Gasteiger partial charge in [0.05, 0.1) is 15.9 Å². The number of nitrogens with zero attached hydrogens (tertiary/aromatic N) is 2. The number of aromatic nitrogens is 1. The molecule has 10 heteroatoms. The minimum Gasteiger partial charge on any atom is -0.476 e. The van der Waals surface area contributed by atoms with Gasteiger partial charge in [0.2, 0.25) is 5.82 Å². The number of hydrogen-bond acceptors (Lipinski definition) is 6. The average molecular weight is 384 g/mol. The van der Waals surface area contributed by atoms with Gasteiger partial charge >= 0.3 is 11.7 Å². The number of rotatable bonds is 7. The van der Waals surface area contributed by atoms with Crippen LogP contribution in [-0.2, 0) is 9.53 Å². The van der Waals surface area contributed by atoms with Crippen LogP contribution >= 0.6 is 15.9 Å². The van der Waals surface area contributed by atoms with Crippen molar-refractivity contribution in [1.82, 2.24) is 4.98 Å². The van der Waals surface area contributed by atoms with Crippen LogP contribution in [0.1, 0.15) is 33.6 Å². The largest absolute Gasteiger partial charge is 0.476 e. The van der Waals surface area contributed by atoms with E-state index in [1.165, 1.54) is 19.2 Å². The maximum absolute atomic E-state index is 11.4. The third-order valence-corrected chi connectivity index (χ3v) is 4.34. The lowest BCUT2D eigenvalue weighted by atomic mass is 9.53. The van der Waals surface area contributed by atoms with E-state index in [1.54, 1.807) is 15.7 Å². The summed E-state index contributed by atoms with van der Waals surface area (Å²) in [7, 11) is 3.56. The smallest absolute Gasteiger partial charge is 0.312 e. The van der Waals surface area contributed by atoms with Crippen molar-refractivity contribution in [3.05, 3.63) is 26.9 Å². The molecule has 0 saturated carbocycles. The zero-order valence-electron chi connectivity index (χ0n) is 14.0. The molecule has 1 aromatic heterocycles. The van der Waals surface area contributed by atoms with Crippen LogP contribution < -0.4 is 5.32 Å². The summed E-state index contributed by atoms with van der Waals surface area (Å²) in [5.41, 5.74) is -0.862. The predicted octanol–water partition coefficient (Wildman–Crippen LogP) is 1.21. The van der Waals surface area contributed by atoms with Gasteiger partial charge in [-0.3, -0.25) is 14.9 Å². The second-order valence-corrected chi connectivity index (χ2v) is 7.01. The quantitative estimate of drug-likeness (QED) is 0.329. The first-order valence-electron chi connectivity index (χ1n) is 7.30. The number of ether oxygens (including phenoxy) is 1. The van der Waals surface area contributed by atoms with Crippen LogP contribution in [0, 0.1) is 10.1 Å². The first-order valence-corrected chi connectivity index (χ1v) is 8.09. The summed E-state index contributed by atoms with van der Waals surface area (Å²) < 4.78 is 5.96. The van der Waals surface area contributed by atoms with E-state index in [9.17, 15) is 14.9 Å². The molecular formula is C13H20B2BrN3O4. The number of pyridine rings is 1. The summed E-state index contributed by atoms with van der Waals surface area (Å²) in [5.74, 6) is -0.258. The Bertz CT molecular complexity index is 615. The molecule has 0 aromatic carbocycles. The van der Waals surface area contributed by atoms with E-state index in [0.717, 1.165) is 6.42 Å². The molecule has 1 atom stereocenters.